The van der Waals surface area contributed by atoms with Gasteiger partial charge in [0.2, 0.25) is 11.8 Å². The van der Waals surface area contributed by atoms with E-state index in [2.05, 4.69) is 20.9 Å². The molecule has 4 amide bonds. The van der Waals surface area contributed by atoms with Crippen molar-refractivity contribution in [3.05, 3.63) is 34.2 Å². The van der Waals surface area contributed by atoms with Crippen molar-refractivity contribution in [1.82, 2.24) is 30.4 Å². The minimum atomic E-state index is -0.679. The summed E-state index contributed by atoms with van der Waals surface area (Å²) in [6.07, 6.45) is 3.38. The Morgan fingerprint density at radius 1 is 1.02 bits per heavy atom. The minimum absolute atomic E-state index is 0.0714. The van der Waals surface area contributed by atoms with Crippen LogP contribution in [0.3, 0.4) is 0 Å². The molecule has 1 saturated heterocycles. The number of carbonyl (C=O) groups excluding carboxylic acids is 4. The van der Waals surface area contributed by atoms with Crippen molar-refractivity contribution in [3.8, 4) is 0 Å². The van der Waals surface area contributed by atoms with Crippen molar-refractivity contribution < 1.29 is 23.9 Å². The van der Waals surface area contributed by atoms with Gasteiger partial charge in [-0.05, 0) is 56.2 Å². The number of fused-ring (bicyclic) bond motifs is 1. The van der Waals surface area contributed by atoms with Crippen LogP contribution in [0.25, 0.3) is 11.0 Å². The van der Waals surface area contributed by atoms with E-state index in [1.807, 2.05) is 13.8 Å². The largest absolute Gasteiger partial charge is 0.368 e. The molecule has 4 N–H and O–H groups in total. The number of amides is 4. The number of nitrogens with zero attached hydrogens (tertiary/aromatic N) is 2. The van der Waals surface area contributed by atoms with Gasteiger partial charge in [-0.25, -0.2) is 4.79 Å². The molecule has 41 heavy (non-hydrogen) atoms. The summed E-state index contributed by atoms with van der Waals surface area (Å²) >= 11 is 0. The standard InChI is InChI=1S/C29H42N6O6/c1-3-19(2)25-27(38)31-13-7-16-35-22-18-20(10-11-21(22)32-29(35)40)26(37)30-12-6-15-34(14-4-9-24(36)33-25)28(39)23-8-5-17-41-23/h10-11,18-19,23,25H,3-9,12-17H2,1-2H3,(H,30,37)(H,31,38)(H,32,40)(H,33,36)/t19-,23+,25-/m0/s1. The quantitative estimate of drug-likeness (QED) is 0.436. The molecule has 4 rings (SSSR count). The first kappa shape index (κ1) is 30.3. The minimum Gasteiger partial charge on any atom is -0.368 e. The molecule has 1 aromatic carbocycles. The van der Waals surface area contributed by atoms with E-state index < -0.39 is 12.1 Å². The van der Waals surface area contributed by atoms with Crippen LogP contribution < -0.4 is 21.6 Å². The molecule has 224 valence electrons. The van der Waals surface area contributed by atoms with Crippen LogP contribution in [0.4, 0.5) is 0 Å². The van der Waals surface area contributed by atoms with Crippen LogP contribution in [0, 0.1) is 5.92 Å². The molecule has 0 saturated carbocycles. The average Bonchev–Trinajstić information content (AvgIpc) is 3.61. The van der Waals surface area contributed by atoms with E-state index in [1.165, 1.54) is 0 Å². The highest BCUT2D eigenvalue weighted by molar-refractivity contribution is 5.97. The SMILES string of the molecule is CC[C@H](C)[C@@H]1NC(=O)CCCN(C(=O)[C@H]2CCCO2)CCCNC(=O)c2ccc3[nH]c(=O)n(c3c2)CCCNC1=O. The van der Waals surface area contributed by atoms with Gasteiger partial charge in [-0.15, -0.1) is 0 Å². The van der Waals surface area contributed by atoms with Crippen molar-refractivity contribution in [3.63, 3.8) is 0 Å². The van der Waals surface area contributed by atoms with Gasteiger partial charge < -0.3 is 30.6 Å². The maximum absolute atomic E-state index is 13.1. The number of carbonyl (C=O) groups is 4. The van der Waals surface area contributed by atoms with Gasteiger partial charge in [0.15, 0.2) is 0 Å². The van der Waals surface area contributed by atoms with Crippen LogP contribution in [-0.4, -0.2) is 83.0 Å². The molecule has 0 aliphatic carbocycles. The van der Waals surface area contributed by atoms with Crippen LogP contribution in [-0.2, 0) is 25.7 Å². The molecule has 0 unspecified atom stereocenters. The molecule has 3 atom stereocenters. The number of aromatic nitrogens is 2. The van der Waals surface area contributed by atoms with Crippen molar-refractivity contribution in [2.24, 2.45) is 5.92 Å². The van der Waals surface area contributed by atoms with E-state index in [9.17, 15) is 24.0 Å². The number of hydrogen-bond acceptors (Lipinski definition) is 6. The summed E-state index contributed by atoms with van der Waals surface area (Å²) in [4.78, 5) is 69.0. The summed E-state index contributed by atoms with van der Waals surface area (Å²) in [6.45, 7) is 6.26. The Labute approximate surface area is 239 Å². The van der Waals surface area contributed by atoms with Crippen molar-refractivity contribution in [2.45, 2.75) is 77.5 Å². The predicted octanol–water partition coefficient (Wildman–Crippen LogP) is 1.29. The Morgan fingerprint density at radius 2 is 1.78 bits per heavy atom. The zero-order chi connectivity index (χ0) is 29.4. The highest BCUT2D eigenvalue weighted by atomic mass is 16.5. The molecule has 2 aliphatic heterocycles. The average molecular weight is 571 g/mol. The Morgan fingerprint density at radius 3 is 2.54 bits per heavy atom. The zero-order valence-electron chi connectivity index (χ0n) is 24.0. The molecule has 2 aromatic rings. The molecule has 1 aromatic heterocycles. The van der Waals surface area contributed by atoms with Gasteiger partial charge in [-0.2, -0.15) is 0 Å². The number of rotatable bonds is 3. The van der Waals surface area contributed by atoms with E-state index >= 15 is 0 Å². The molecular weight excluding hydrogens is 528 g/mol. The lowest BCUT2D eigenvalue weighted by Crippen LogP contribution is -2.50. The van der Waals surface area contributed by atoms with E-state index in [-0.39, 0.29) is 41.7 Å². The first-order valence-corrected chi connectivity index (χ1v) is 14.8. The normalized spacial score (nSPS) is 23.0. The number of imidazole rings is 1. The summed E-state index contributed by atoms with van der Waals surface area (Å²) in [7, 11) is 0. The summed E-state index contributed by atoms with van der Waals surface area (Å²) in [5.74, 6) is -0.944. The van der Waals surface area contributed by atoms with Crippen LogP contribution >= 0.6 is 0 Å². The second kappa shape index (κ2) is 14.3. The fourth-order valence-corrected chi connectivity index (χ4v) is 5.33. The van der Waals surface area contributed by atoms with Crippen molar-refractivity contribution in [2.75, 3.05) is 32.8 Å². The third kappa shape index (κ3) is 7.75. The number of H-pyrrole nitrogens is 1. The highest BCUT2D eigenvalue weighted by Crippen LogP contribution is 2.17. The Balaban J connectivity index is 1.53. The lowest BCUT2D eigenvalue weighted by Gasteiger charge is -2.26. The third-order valence-electron chi connectivity index (χ3n) is 7.95. The fraction of sp³-hybridized carbons (Fsp3) is 0.621. The molecule has 12 heteroatoms. The van der Waals surface area contributed by atoms with E-state index in [0.717, 1.165) is 6.42 Å². The van der Waals surface area contributed by atoms with E-state index in [0.29, 0.717) is 88.0 Å². The monoisotopic (exact) mass is 570 g/mol. The Kier molecular flexibility index (Phi) is 10.6. The Bertz CT molecular complexity index is 1300. The second-order valence-electron chi connectivity index (χ2n) is 10.9. The van der Waals surface area contributed by atoms with Gasteiger partial charge in [0, 0.05) is 51.3 Å². The number of nitrogens with one attached hydrogen (secondary N) is 4. The van der Waals surface area contributed by atoms with Gasteiger partial charge >= 0.3 is 5.69 Å². The maximum atomic E-state index is 13.1. The molecule has 0 spiro atoms. The number of aromatic amines is 1. The second-order valence-corrected chi connectivity index (χ2v) is 10.9. The van der Waals surface area contributed by atoms with Gasteiger partial charge in [-0.1, -0.05) is 20.3 Å². The topological polar surface area (TPSA) is 155 Å². The molecule has 12 nitrogen and oxygen atoms in total. The highest BCUT2D eigenvalue weighted by Gasteiger charge is 2.29. The Hall–Kier alpha value is -3.67. The molecule has 3 heterocycles. The predicted molar refractivity (Wildman–Crippen MR) is 153 cm³/mol. The van der Waals surface area contributed by atoms with E-state index in [4.69, 9.17) is 4.74 Å². The molecular formula is C29H42N6O6. The first-order valence-electron chi connectivity index (χ1n) is 14.8. The van der Waals surface area contributed by atoms with Crippen molar-refractivity contribution in [1.29, 1.82) is 0 Å². The summed E-state index contributed by atoms with van der Waals surface area (Å²) in [5, 5.41) is 8.70. The van der Waals surface area contributed by atoms with Crippen LogP contribution in [0.15, 0.2) is 23.0 Å². The van der Waals surface area contributed by atoms with Crippen LogP contribution in [0.1, 0.15) is 69.2 Å². The number of benzene rings is 1. The first-order chi connectivity index (χ1) is 19.8. The van der Waals surface area contributed by atoms with Gasteiger partial charge in [0.05, 0.1) is 11.0 Å². The fourth-order valence-electron chi connectivity index (χ4n) is 5.33. The molecule has 0 radical (unpaired) electrons. The summed E-state index contributed by atoms with van der Waals surface area (Å²) in [5.41, 5.74) is 1.37. The lowest BCUT2D eigenvalue weighted by atomic mass is 9.98. The molecule has 2 bridgehead atoms. The number of hydrogen-bond donors (Lipinski definition) is 4. The number of aryl methyl sites for hydroxylation is 1. The van der Waals surface area contributed by atoms with Gasteiger partial charge in [-0.3, -0.25) is 23.7 Å². The molecule has 2 aliphatic rings. The number of ether oxygens (including phenoxy) is 1. The summed E-state index contributed by atoms with van der Waals surface area (Å²) < 4.78 is 7.17. The molecule has 1 fully saturated rings. The maximum Gasteiger partial charge on any atom is 0.326 e. The third-order valence-corrected chi connectivity index (χ3v) is 7.95. The van der Waals surface area contributed by atoms with Gasteiger partial charge in [0.1, 0.15) is 12.1 Å². The van der Waals surface area contributed by atoms with Gasteiger partial charge in [0.25, 0.3) is 11.8 Å². The van der Waals surface area contributed by atoms with Crippen LogP contribution in [0.5, 0.6) is 0 Å². The lowest BCUT2D eigenvalue weighted by molar-refractivity contribution is -0.141. The van der Waals surface area contributed by atoms with E-state index in [1.54, 1.807) is 27.7 Å². The van der Waals surface area contributed by atoms with Crippen molar-refractivity contribution >= 4 is 34.7 Å². The smallest absolute Gasteiger partial charge is 0.326 e. The summed E-state index contributed by atoms with van der Waals surface area (Å²) in [6, 6.07) is 4.38. The van der Waals surface area contributed by atoms with Crippen LogP contribution in [0.2, 0.25) is 0 Å². The zero-order valence-corrected chi connectivity index (χ0v) is 24.0.